The molecule has 0 N–H and O–H groups in total. The van der Waals surface area contributed by atoms with Gasteiger partial charge in [-0.2, -0.15) is 0 Å². The maximum atomic E-state index is 12.6. The van der Waals surface area contributed by atoms with Gasteiger partial charge in [0, 0.05) is 37.0 Å². The number of aryl methyl sites for hydroxylation is 2. The predicted molar refractivity (Wildman–Crippen MR) is 110 cm³/mol. The number of ether oxygens (including phenoxy) is 1. The second kappa shape index (κ2) is 8.30. The Balaban J connectivity index is 1.75. The van der Waals surface area contributed by atoms with Gasteiger partial charge in [-0.25, -0.2) is 4.79 Å². The lowest BCUT2D eigenvalue weighted by atomic mass is 10.0. The van der Waals surface area contributed by atoms with Gasteiger partial charge >= 0.3 is 5.63 Å². The molecule has 5 nitrogen and oxygen atoms in total. The van der Waals surface area contributed by atoms with Gasteiger partial charge in [0.15, 0.2) is 0 Å². The van der Waals surface area contributed by atoms with Crippen LogP contribution in [-0.2, 0) is 17.8 Å². The fourth-order valence-corrected chi connectivity index (χ4v) is 3.34. The number of amides is 1. The van der Waals surface area contributed by atoms with Crippen LogP contribution in [0.2, 0.25) is 0 Å². The molecule has 0 aliphatic heterocycles. The van der Waals surface area contributed by atoms with Gasteiger partial charge < -0.3 is 14.1 Å². The summed E-state index contributed by atoms with van der Waals surface area (Å²) in [6.07, 6.45) is 0.614. The molecule has 146 valence electrons. The molecule has 0 aliphatic carbocycles. The third-order valence-electron chi connectivity index (χ3n) is 5.18. The SMILES string of the molecule is COc1ccc2c(C)c(CCC(=O)N(C)Cc3ccccc3C)c(=O)oc2c1. The van der Waals surface area contributed by atoms with Crippen molar-refractivity contribution in [2.45, 2.75) is 33.2 Å². The first-order valence-corrected chi connectivity index (χ1v) is 9.29. The molecule has 0 radical (unpaired) electrons. The molecule has 0 fully saturated rings. The van der Waals surface area contributed by atoms with Crippen LogP contribution >= 0.6 is 0 Å². The maximum Gasteiger partial charge on any atom is 0.339 e. The predicted octanol–water partition coefficient (Wildman–Crippen LogP) is 4.01. The van der Waals surface area contributed by atoms with Crippen LogP contribution in [0.4, 0.5) is 0 Å². The molecule has 0 saturated carbocycles. The Morgan fingerprint density at radius 3 is 2.61 bits per heavy atom. The molecule has 0 saturated heterocycles. The normalized spacial score (nSPS) is 10.9. The lowest BCUT2D eigenvalue weighted by Crippen LogP contribution is -2.27. The quantitative estimate of drug-likeness (QED) is 0.607. The number of nitrogens with zero attached hydrogens (tertiary/aromatic N) is 1. The van der Waals surface area contributed by atoms with E-state index in [4.69, 9.17) is 9.15 Å². The Morgan fingerprint density at radius 1 is 1.14 bits per heavy atom. The van der Waals surface area contributed by atoms with Crippen LogP contribution in [0.1, 0.15) is 28.7 Å². The number of carbonyl (C=O) groups excluding carboxylic acids is 1. The van der Waals surface area contributed by atoms with Crippen molar-refractivity contribution >= 4 is 16.9 Å². The summed E-state index contributed by atoms with van der Waals surface area (Å²) in [6, 6.07) is 13.4. The number of benzene rings is 2. The van der Waals surface area contributed by atoms with E-state index in [1.807, 2.05) is 50.2 Å². The number of hydrogen-bond donors (Lipinski definition) is 0. The summed E-state index contributed by atoms with van der Waals surface area (Å²) in [4.78, 5) is 26.7. The summed E-state index contributed by atoms with van der Waals surface area (Å²) < 4.78 is 10.6. The van der Waals surface area contributed by atoms with E-state index in [2.05, 4.69) is 0 Å². The fraction of sp³-hybridized carbons (Fsp3) is 0.304. The van der Waals surface area contributed by atoms with E-state index in [1.54, 1.807) is 25.1 Å². The van der Waals surface area contributed by atoms with Crippen LogP contribution < -0.4 is 10.4 Å². The van der Waals surface area contributed by atoms with E-state index in [-0.39, 0.29) is 12.3 Å². The molecule has 0 spiro atoms. The van der Waals surface area contributed by atoms with Gasteiger partial charge in [-0.15, -0.1) is 0 Å². The minimum absolute atomic E-state index is 0.00289. The van der Waals surface area contributed by atoms with Crippen molar-refractivity contribution in [3.05, 3.63) is 75.1 Å². The van der Waals surface area contributed by atoms with Gasteiger partial charge in [0.2, 0.25) is 5.91 Å². The zero-order chi connectivity index (χ0) is 20.3. The smallest absolute Gasteiger partial charge is 0.339 e. The summed E-state index contributed by atoms with van der Waals surface area (Å²) in [6.45, 7) is 4.48. The van der Waals surface area contributed by atoms with Gasteiger partial charge in [0.25, 0.3) is 0 Å². The third-order valence-corrected chi connectivity index (χ3v) is 5.18. The first-order valence-electron chi connectivity index (χ1n) is 9.29. The van der Waals surface area contributed by atoms with E-state index in [0.29, 0.717) is 29.9 Å². The monoisotopic (exact) mass is 379 g/mol. The zero-order valence-corrected chi connectivity index (χ0v) is 16.7. The van der Waals surface area contributed by atoms with E-state index in [9.17, 15) is 9.59 Å². The van der Waals surface area contributed by atoms with Crippen molar-refractivity contribution in [1.82, 2.24) is 4.90 Å². The average molecular weight is 379 g/mol. The molecule has 0 unspecified atom stereocenters. The van der Waals surface area contributed by atoms with Crippen molar-refractivity contribution in [3.8, 4) is 5.75 Å². The Morgan fingerprint density at radius 2 is 1.89 bits per heavy atom. The van der Waals surface area contributed by atoms with Crippen molar-refractivity contribution in [2.75, 3.05) is 14.2 Å². The lowest BCUT2D eigenvalue weighted by molar-refractivity contribution is -0.130. The summed E-state index contributed by atoms with van der Waals surface area (Å²) in [7, 11) is 3.36. The van der Waals surface area contributed by atoms with Crippen LogP contribution in [0, 0.1) is 13.8 Å². The number of methoxy groups -OCH3 is 1. The van der Waals surface area contributed by atoms with Gasteiger partial charge in [-0.1, -0.05) is 24.3 Å². The Hall–Kier alpha value is -3.08. The van der Waals surface area contributed by atoms with E-state index < -0.39 is 5.63 Å². The van der Waals surface area contributed by atoms with E-state index in [1.165, 1.54) is 0 Å². The minimum atomic E-state index is -0.396. The second-order valence-corrected chi connectivity index (χ2v) is 7.03. The third kappa shape index (κ3) is 4.09. The Labute approximate surface area is 164 Å². The minimum Gasteiger partial charge on any atom is -0.497 e. The van der Waals surface area contributed by atoms with Crippen LogP contribution in [0.5, 0.6) is 5.75 Å². The van der Waals surface area contributed by atoms with Crippen molar-refractivity contribution in [1.29, 1.82) is 0 Å². The van der Waals surface area contributed by atoms with Gasteiger partial charge in [-0.05, 0) is 49.1 Å². The number of hydrogen-bond acceptors (Lipinski definition) is 4. The van der Waals surface area contributed by atoms with Crippen molar-refractivity contribution < 1.29 is 13.9 Å². The largest absolute Gasteiger partial charge is 0.497 e. The first kappa shape index (κ1) is 19.7. The van der Waals surface area contributed by atoms with E-state index in [0.717, 1.165) is 22.1 Å². The molecule has 0 atom stereocenters. The summed E-state index contributed by atoms with van der Waals surface area (Å²) >= 11 is 0. The Bertz CT molecular complexity index is 1070. The standard InChI is InChI=1S/C23H25NO4/c1-15-7-5-6-8-17(15)14-24(3)22(25)12-11-20-16(2)19-10-9-18(27-4)13-21(19)28-23(20)26/h5-10,13H,11-12,14H2,1-4H3. The van der Waals surface area contributed by atoms with Gasteiger partial charge in [0.05, 0.1) is 7.11 Å². The highest BCUT2D eigenvalue weighted by atomic mass is 16.5. The number of rotatable bonds is 6. The molecule has 28 heavy (non-hydrogen) atoms. The molecule has 1 aromatic heterocycles. The first-order chi connectivity index (χ1) is 13.4. The van der Waals surface area contributed by atoms with Crippen LogP contribution in [0.25, 0.3) is 11.0 Å². The highest BCUT2D eigenvalue weighted by Gasteiger charge is 2.16. The van der Waals surface area contributed by atoms with Crippen LogP contribution in [0.15, 0.2) is 51.7 Å². The molecule has 0 aliphatic rings. The highest BCUT2D eigenvalue weighted by Crippen LogP contribution is 2.24. The summed E-state index contributed by atoms with van der Waals surface area (Å²) in [5.74, 6) is 0.632. The average Bonchev–Trinajstić information content (AvgIpc) is 2.68. The second-order valence-electron chi connectivity index (χ2n) is 7.03. The topological polar surface area (TPSA) is 59.8 Å². The molecule has 0 bridgehead atoms. The molecular formula is C23H25NO4. The molecule has 1 amide bonds. The molecule has 2 aromatic carbocycles. The molecule has 3 aromatic rings. The van der Waals surface area contributed by atoms with Crippen molar-refractivity contribution in [2.24, 2.45) is 0 Å². The number of carbonyl (C=O) groups is 1. The van der Waals surface area contributed by atoms with Gasteiger partial charge in [0.1, 0.15) is 11.3 Å². The molecular weight excluding hydrogens is 354 g/mol. The number of fused-ring (bicyclic) bond motifs is 1. The summed E-state index contributed by atoms with van der Waals surface area (Å²) in [5.41, 5.74) is 3.78. The molecule has 3 rings (SSSR count). The summed E-state index contributed by atoms with van der Waals surface area (Å²) in [5, 5.41) is 0.858. The van der Waals surface area contributed by atoms with Gasteiger partial charge in [-0.3, -0.25) is 4.79 Å². The van der Waals surface area contributed by atoms with Crippen LogP contribution in [-0.4, -0.2) is 25.0 Å². The van der Waals surface area contributed by atoms with Crippen molar-refractivity contribution in [3.63, 3.8) is 0 Å². The van der Waals surface area contributed by atoms with Crippen LogP contribution in [0.3, 0.4) is 0 Å². The highest BCUT2D eigenvalue weighted by molar-refractivity contribution is 5.82. The lowest BCUT2D eigenvalue weighted by Gasteiger charge is -2.18. The fourth-order valence-electron chi connectivity index (χ4n) is 3.34. The molecule has 1 heterocycles. The Kier molecular flexibility index (Phi) is 5.83. The van der Waals surface area contributed by atoms with E-state index >= 15 is 0 Å². The zero-order valence-electron chi connectivity index (χ0n) is 16.7. The maximum absolute atomic E-state index is 12.6. The molecule has 5 heteroatoms.